The summed E-state index contributed by atoms with van der Waals surface area (Å²) in [6, 6.07) is -2.09. The number of amides is 1. The van der Waals surface area contributed by atoms with Crippen LogP contribution < -0.4 is 5.73 Å². The highest BCUT2D eigenvalue weighted by Gasteiger charge is 2.57. The van der Waals surface area contributed by atoms with E-state index in [0.29, 0.717) is 16.6 Å². The van der Waals surface area contributed by atoms with Gasteiger partial charge in [-0.15, -0.1) is 0 Å². The number of nitrogen functional groups attached to an aromatic ring is 1. The Morgan fingerprint density at radius 2 is 1.66 bits per heavy atom. The second kappa shape index (κ2) is 9.76. The van der Waals surface area contributed by atoms with E-state index in [1.54, 1.807) is 27.0 Å². The molecule has 1 aliphatic rings. The van der Waals surface area contributed by atoms with E-state index in [0.717, 1.165) is 0 Å². The average Bonchev–Trinajstić information content (AvgIpc) is 3.25. The minimum Gasteiger partial charge on any atom is -0.464 e. The fourth-order valence-electron chi connectivity index (χ4n) is 4.05. The lowest BCUT2D eigenvalue weighted by Crippen LogP contribution is -2.47. The number of ether oxygens (including phenoxy) is 4. The summed E-state index contributed by atoms with van der Waals surface area (Å²) in [5.41, 5.74) is 6.25. The number of anilines is 1. The molecule has 0 aromatic carbocycles. The van der Waals surface area contributed by atoms with E-state index in [-0.39, 0.29) is 12.4 Å². The quantitative estimate of drug-likeness (QED) is 0.459. The van der Waals surface area contributed by atoms with E-state index in [2.05, 4.69) is 15.0 Å². The van der Waals surface area contributed by atoms with E-state index in [1.165, 1.54) is 32.0 Å². The molecule has 13 nitrogen and oxygen atoms in total. The second-order valence-corrected chi connectivity index (χ2v) is 9.08. The van der Waals surface area contributed by atoms with Crippen molar-refractivity contribution in [2.75, 3.05) is 12.3 Å². The first-order valence-electron chi connectivity index (χ1n) is 10.9. The van der Waals surface area contributed by atoms with Gasteiger partial charge in [0.25, 0.3) is 0 Å². The fraction of sp³-hybridized carbons (Fsp3) is 0.545. The number of rotatable bonds is 5. The molecule has 0 radical (unpaired) electrons. The molecule has 0 unspecified atom stereocenters. The van der Waals surface area contributed by atoms with E-state index < -0.39 is 53.9 Å². The first kappa shape index (κ1) is 25.7. The highest BCUT2D eigenvalue weighted by molar-refractivity contribution is 5.88. The molecule has 3 rings (SSSR count). The average molecular weight is 492 g/mol. The highest BCUT2D eigenvalue weighted by atomic mass is 16.6. The van der Waals surface area contributed by atoms with Gasteiger partial charge in [0.05, 0.1) is 5.52 Å². The van der Waals surface area contributed by atoms with Gasteiger partial charge in [-0.1, -0.05) is 0 Å². The molecule has 0 aliphatic carbocycles. The number of nitrogens with one attached hydrogen (secondary N) is 1. The number of carbonyl (C=O) groups is 4. The molecule has 190 valence electrons. The summed E-state index contributed by atoms with van der Waals surface area (Å²) in [7, 11) is 0. The third-order valence-corrected chi connectivity index (χ3v) is 5.18. The summed E-state index contributed by atoms with van der Waals surface area (Å²) in [6.45, 7) is 8.28. The SMILES string of the molecule is CC(=O)OC[C@@H]1[C@@H](OC(C)=O)[C@@H](OC(C)=O)[C@H](c2c[nH]c3c(N)ncnc23)N1C(=O)OC(C)(C)C. The number of carbonyl (C=O) groups excluding carboxylic acids is 4. The molecule has 1 fully saturated rings. The Morgan fingerprint density at radius 1 is 1.03 bits per heavy atom. The van der Waals surface area contributed by atoms with Gasteiger partial charge in [-0.3, -0.25) is 19.3 Å². The minimum absolute atomic E-state index is 0.167. The van der Waals surface area contributed by atoms with Crippen molar-refractivity contribution >= 4 is 40.9 Å². The number of likely N-dealkylation sites (tertiary alicyclic amines) is 1. The molecule has 13 heteroatoms. The van der Waals surface area contributed by atoms with Gasteiger partial charge in [-0.05, 0) is 20.8 Å². The Bertz CT molecular complexity index is 1140. The Hall–Kier alpha value is -3.90. The summed E-state index contributed by atoms with van der Waals surface area (Å²) in [4.78, 5) is 61.7. The standard InChI is InChI=1S/C22H29N5O8/c1-10(28)32-8-14-18(33-11(2)29)19(34-12(3)30)17(27(14)21(31)35-22(4,5)6)13-7-24-16-15(13)25-9-26-20(16)23/h7,9,14,17-19,24H,8H2,1-6H3,(H2,23,25,26)/t14-,17+,18-,19+/m1/s1. The van der Waals surface area contributed by atoms with Crippen molar-refractivity contribution in [2.24, 2.45) is 0 Å². The van der Waals surface area contributed by atoms with Crippen molar-refractivity contribution < 1.29 is 38.1 Å². The van der Waals surface area contributed by atoms with E-state index >= 15 is 0 Å². The monoisotopic (exact) mass is 491 g/mol. The zero-order chi connectivity index (χ0) is 26.1. The Morgan fingerprint density at radius 3 is 2.23 bits per heavy atom. The number of hydrogen-bond donors (Lipinski definition) is 2. The van der Waals surface area contributed by atoms with Crippen LogP contribution in [0.2, 0.25) is 0 Å². The van der Waals surface area contributed by atoms with Gasteiger partial charge in [0.1, 0.15) is 36.1 Å². The Balaban J connectivity index is 2.23. The molecule has 2 aromatic heterocycles. The lowest BCUT2D eigenvalue weighted by Gasteiger charge is -2.32. The molecular formula is C22H29N5O8. The smallest absolute Gasteiger partial charge is 0.411 e. The predicted molar refractivity (Wildman–Crippen MR) is 121 cm³/mol. The molecule has 0 saturated carbocycles. The van der Waals surface area contributed by atoms with Crippen molar-refractivity contribution in [3.63, 3.8) is 0 Å². The van der Waals surface area contributed by atoms with Crippen molar-refractivity contribution in [3.05, 3.63) is 18.1 Å². The highest BCUT2D eigenvalue weighted by Crippen LogP contribution is 2.43. The number of nitrogens with two attached hydrogens (primary N) is 1. The van der Waals surface area contributed by atoms with Crippen molar-refractivity contribution in [1.29, 1.82) is 0 Å². The van der Waals surface area contributed by atoms with Crippen LogP contribution in [-0.4, -0.2) is 74.3 Å². The van der Waals surface area contributed by atoms with E-state index in [1.807, 2.05) is 0 Å². The molecular weight excluding hydrogens is 462 g/mol. The van der Waals surface area contributed by atoms with Gasteiger partial charge < -0.3 is 29.7 Å². The van der Waals surface area contributed by atoms with Crippen LogP contribution in [0.4, 0.5) is 10.6 Å². The molecule has 1 aliphatic heterocycles. The topological polar surface area (TPSA) is 176 Å². The summed E-state index contributed by atoms with van der Waals surface area (Å²) in [6.07, 6.45) is -0.365. The maximum absolute atomic E-state index is 13.5. The largest absolute Gasteiger partial charge is 0.464 e. The maximum Gasteiger partial charge on any atom is 0.411 e. The van der Waals surface area contributed by atoms with Crippen molar-refractivity contribution in [2.45, 2.75) is 71.4 Å². The molecule has 1 saturated heterocycles. The zero-order valence-electron chi connectivity index (χ0n) is 20.4. The zero-order valence-corrected chi connectivity index (χ0v) is 20.4. The van der Waals surface area contributed by atoms with Gasteiger partial charge in [0.15, 0.2) is 18.0 Å². The van der Waals surface area contributed by atoms with Crippen molar-refractivity contribution in [1.82, 2.24) is 19.9 Å². The number of H-pyrrole nitrogens is 1. The number of aromatic nitrogens is 3. The molecule has 3 heterocycles. The van der Waals surface area contributed by atoms with Crippen LogP contribution in [0, 0.1) is 0 Å². The molecule has 3 N–H and O–H groups in total. The maximum atomic E-state index is 13.5. The van der Waals surface area contributed by atoms with Crippen LogP contribution in [0.3, 0.4) is 0 Å². The van der Waals surface area contributed by atoms with Gasteiger partial charge in [0.2, 0.25) is 0 Å². The fourth-order valence-corrected chi connectivity index (χ4v) is 4.05. The lowest BCUT2D eigenvalue weighted by atomic mass is 10.0. The van der Waals surface area contributed by atoms with Crippen LogP contribution >= 0.6 is 0 Å². The number of esters is 3. The normalized spacial score (nSPS) is 22.1. The van der Waals surface area contributed by atoms with Crippen molar-refractivity contribution in [3.8, 4) is 0 Å². The number of hydrogen-bond acceptors (Lipinski definition) is 11. The summed E-state index contributed by atoms with van der Waals surface area (Å²) in [5, 5.41) is 0. The molecule has 2 aromatic rings. The number of nitrogens with zero attached hydrogens (tertiary/aromatic N) is 3. The Kier molecular flexibility index (Phi) is 7.17. The predicted octanol–water partition coefficient (Wildman–Crippen LogP) is 1.63. The summed E-state index contributed by atoms with van der Waals surface area (Å²) in [5.74, 6) is -1.81. The van der Waals surface area contributed by atoms with Crippen LogP contribution in [-0.2, 0) is 33.3 Å². The summed E-state index contributed by atoms with van der Waals surface area (Å²) < 4.78 is 21.9. The number of fused-ring (bicyclic) bond motifs is 1. The molecule has 0 spiro atoms. The molecule has 35 heavy (non-hydrogen) atoms. The third kappa shape index (κ3) is 5.61. The van der Waals surface area contributed by atoms with Crippen LogP contribution in [0.5, 0.6) is 0 Å². The molecule has 4 atom stereocenters. The Labute approximate surface area is 201 Å². The van der Waals surface area contributed by atoms with E-state index in [4.69, 9.17) is 24.7 Å². The molecule has 0 bridgehead atoms. The lowest BCUT2D eigenvalue weighted by molar-refractivity contribution is -0.165. The second-order valence-electron chi connectivity index (χ2n) is 9.08. The molecule has 1 amide bonds. The van der Waals surface area contributed by atoms with Crippen LogP contribution in [0.1, 0.15) is 53.1 Å². The van der Waals surface area contributed by atoms with Gasteiger partial charge >= 0.3 is 24.0 Å². The van der Waals surface area contributed by atoms with Crippen LogP contribution in [0.15, 0.2) is 12.5 Å². The first-order chi connectivity index (χ1) is 16.3. The van der Waals surface area contributed by atoms with Gasteiger partial charge in [-0.2, -0.15) is 0 Å². The number of aromatic amines is 1. The van der Waals surface area contributed by atoms with E-state index in [9.17, 15) is 19.2 Å². The van der Waals surface area contributed by atoms with Crippen LogP contribution in [0.25, 0.3) is 11.0 Å². The minimum atomic E-state index is -1.18. The third-order valence-electron chi connectivity index (χ3n) is 5.18. The van der Waals surface area contributed by atoms with Gasteiger partial charge in [0, 0.05) is 32.5 Å². The summed E-state index contributed by atoms with van der Waals surface area (Å²) >= 11 is 0. The first-order valence-corrected chi connectivity index (χ1v) is 10.9. The van der Waals surface area contributed by atoms with Gasteiger partial charge in [-0.25, -0.2) is 14.8 Å².